The lowest BCUT2D eigenvalue weighted by atomic mass is 10.0. The van der Waals surface area contributed by atoms with E-state index in [-0.39, 0.29) is 5.56 Å². The van der Waals surface area contributed by atoms with Crippen molar-refractivity contribution >= 4 is 5.97 Å². The van der Waals surface area contributed by atoms with E-state index in [0.29, 0.717) is 11.1 Å². The zero-order chi connectivity index (χ0) is 14.8. The second-order valence-corrected chi connectivity index (χ2v) is 4.06. The molecule has 0 saturated carbocycles. The number of hydrogen-bond acceptors (Lipinski definition) is 2. The molecule has 0 N–H and O–H groups in total. The summed E-state index contributed by atoms with van der Waals surface area (Å²) >= 11 is 0. The minimum Gasteiger partial charge on any atom is -0.465 e. The molecule has 20 heavy (non-hydrogen) atoms. The molecule has 0 unspecified atom stereocenters. The van der Waals surface area contributed by atoms with Crippen molar-refractivity contribution in [2.75, 3.05) is 7.11 Å². The molecule has 0 aromatic heterocycles. The summed E-state index contributed by atoms with van der Waals surface area (Å²) in [5.74, 6) is -0.543. The molecule has 2 aromatic rings. The second-order valence-electron chi connectivity index (χ2n) is 4.06. The molecular weight excluding hydrogens is 269 g/mol. The summed E-state index contributed by atoms with van der Waals surface area (Å²) < 4.78 is 42.0. The van der Waals surface area contributed by atoms with Gasteiger partial charge in [-0.15, -0.1) is 0 Å². The van der Waals surface area contributed by atoms with Crippen molar-refractivity contribution < 1.29 is 22.7 Å². The number of esters is 1. The van der Waals surface area contributed by atoms with Crippen LogP contribution in [0.25, 0.3) is 11.1 Å². The Bertz CT molecular complexity index is 616. The zero-order valence-corrected chi connectivity index (χ0v) is 10.5. The maximum Gasteiger partial charge on any atom is 0.416 e. The summed E-state index contributed by atoms with van der Waals surface area (Å²) in [6, 6.07) is 12.1. The molecule has 0 atom stereocenters. The highest BCUT2D eigenvalue weighted by Gasteiger charge is 2.29. The molecule has 0 heterocycles. The highest BCUT2D eigenvalue weighted by atomic mass is 19.4. The summed E-state index contributed by atoms with van der Waals surface area (Å²) in [6.45, 7) is 0. The Morgan fingerprint density at radius 2 is 1.75 bits per heavy atom. The van der Waals surface area contributed by atoms with E-state index < -0.39 is 17.7 Å². The standard InChI is InChI=1S/C15H10F3O2/c1-20-14(19)12-4-2-3-11(9-12)10-5-7-13(8-6-10)15(16,17)18/h2-3,5-9H,1H3. The molecule has 0 aliphatic heterocycles. The van der Waals surface area contributed by atoms with Gasteiger partial charge in [-0.05, 0) is 35.4 Å². The molecule has 0 amide bonds. The van der Waals surface area contributed by atoms with Crippen LogP contribution >= 0.6 is 0 Å². The number of carbonyl (C=O) groups excluding carboxylic acids is 1. The minimum atomic E-state index is -4.36. The first-order chi connectivity index (χ1) is 9.41. The molecule has 0 aliphatic rings. The number of hydrogen-bond donors (Lipinski definition) is 0. The minimum absolute atomic E-state index is 0.227. The highest BCUT2D eigenvalue weighted by Crippen LogP contribution is 2.31. The Morgan fingerprint density at radius 3 is 2.30 bits per heavy atom. The molecule has 1 radical (unpaired) electrons. The van der Waals surface area contributed by atoms with Gasteiger partial charge < -0.3 is 4.74 Å². The van der Waals surface area contributed by atoms with Crippen LogP contribution in [0.3, 0.4) is 0 Å². The Morgan fingerprint density at radius 1 is 1.10 bits per heavy atom. The van der Waals surface area contributed by atoms with E-state index in [1.807, 2.05) is 0 Å². The lowest BCUT2D eigenvalue weighted by Crippen LogP contribution is -2.04. The number of carbonyl (C=O) groups is 1. The van der Waals surface area contributed by atoms with Crippen LogP contribution in [0, 0.1) is 6.07 Å². The third-order valence-corrected chi connectivity index (χ3v) is 2.75. The van der Waals surface area contributed by atoms with Gasteiger partial charge in [-0.1, -0.05) is 24.3 Å². The first-order valence-electron chi connectivity index (χ1n) is 5.69. The monoisotopic (exact) mass is 279 g/mol. The lowest BCUT2D eigenvalue weighted by molar-refractivity contribution is -0.137. The third-order valence-electron chi connectivity index (χ3n) is 2.75. The summed E-state index contributed by atoms with van der Waals surface area (Å²) in [4.78, 5) is 11.4. The van der Waals surface area contributed by atoms with Gasteiger partial charge in [0.25, 0.3) is 0 Å². The predicted octanol–water partition coefficient (Wildman–Crippen LogP) is 3.96. The molecule has 2 nitrogen and oxygen atoms in total. The summed E-state index contributed by atoms with van der Waals surface area (Å²) in [6.07, 6.45) is -4.36. The third kappa shape index (κ3) is 2.99. The SMILES string of the molecule is COC(=O)c1[c]ccc(-c2ccc(C(F)(F)F)cc2)c1. The maximum atomic E-state index is 12.5. The van der Waals surface area contributed by atoms with Crippen molar-refractivity contribution in [3.63, 3.8) is 0 Å². The van der Waals surface area contributed by atoms with Gasteiger partial charge in [0.1, 0.15) is 0 Å². The van der Waals surface area contributed by atoms with E-state index in [2.05, 4.69) is 10.8 Å². The van der Waals surface area contributed by atoms with Crippen molar-refractivity contribution in [2.24, 2.45) is 0 Å². The number of rotatable bonds is 2. The van der Waals surface area contributed by atoms with Crippen molar-refractivity contribution in [2.45, 2.75) is 6.18 Å². The second kappa shape index (κ2) is 5.36. The molecule has 103 valence electrons. The largest absolute Gasteiger partial charge is 0.465 e. The first kappa shape index (κ1) is 14.1. The molecule has 5 heteroatoms. The Balaban J connectivity index is 2.35. The van der Waals surface area contributed by atoms with Crippen LogP contribution in [0.1, 0.15) is 15.9 Å². The fourth-order valence-electron chi connectivity index (χ4n) is 1.73. The van der Waals surface area contributed by atoms with Crippen LogP contribution in [0.15, 0.2) is 42.5 Å². The summed E-state index contributed by atoms with van der Waals surface area (Å²) in [7, 11) is 1.25. The van der Waals surface area contributed by atoms with Gasteiger partial charge in [0.05, 0.1) is 18.2 Å². The Hall–Kier alpha value is -2.30. The van der Waals surface area contributed by atoms with Crippen LogP contribution in [0.2, 0.25) is 0 Å². The van der Waals surface area contributed by atoms with E-state index >= 15 is 0 Å². The van der Waals surface area contributed by atoms with Crippen LogP contribution in [-0.4, -0.2) is 13.1 Å². The molecular formula is C15H10F3O2. The van der Waals surface area contributed by atoms with Gasteiger partial charge in [0.15, 0.2) is 0 Å². The fraction of sp³-hybridized carbons (Fsp3) is 0.133. The van der Waals surface area contributed by atoms with E-state index in [4.69, 9.17) is 0 Å². The van der Waals surface area contributed by atoms with E-state index in [0.717, 1.165) is 12.1 Å². The Kier molecular flexibility index (Phi) is 3.79. The van der Waals surface area contributed by atoms with Gasteiger partial charge in [0.2, 0.25) is 0 Å². The number of alkyl halides is 3. The van der Waals surface area contributed by atoms with Gasteiger partial charge in [0, 0.05) is 0 Å². The average Bonchev–Trinajstić information content (AvgIpc) is 2.46. The fourth-order valence-corrected chi connectivity index (χ4v) is 1.73. The molecule has 0 spiro atoms. The van der Waals surface area contributed by atoms with Gasteiger partial charge in [-0.25, -0.2) is 4.79 Å². The predicted molar refractivity (Wildman–Crippen MR) is 67.1 cm³/mol. The van der Waals surface area contributed by atoms with Crippen LogP contribution in [-0.2, 0) is 10.9 Å². The molecule has 2 rings (SSSR count). The van der Waals surface area contributed by atoms with E-state index in [1.54, 1.807) is 6.07 Å². The molecule has 0 aliphatic carbocycles. The van der Waals surface area contributed by atoms with Crippen molar-refractivity contribution in [1.29, 1.82) is 0 Å². The Labute approximate surface area is 113 Å². The van der Waals surface area contributed by atoms with Crippen LogP contribution < -0.4 is 0 Å². The molecule has 0 bridgehead atoms. The number of methoxy groups -OCH3 is 1. The summed E-state index contributed by atoms with van der Waals surface area (Å²) in [5.41, 5.74) is 0.719. The lowest BCUT2D eigenvalue weighted by Gasteiger charge is -2.08. The maximum absolute atomic E-state index is 12.5. The number of ether oxygens (including phenoxy) is 1. The summed E-state index contributed by atoms with van der Waals surface area (Å²) in [5, 5.41) is 0. The van der Waals surface area contributed by atoms with Crippen LogP contribution in [0.5, 0.6) is 0 Å². The quantitative estimate of drug-likeness (QED) is 0.778. The van der Waals surface area contributed by atoms with Crippen molar-refractivity contribution in [3.8, 4) is 11.1 Å². The van der Waals surface area contributed by atoms with Crippen molar-refractivity contribution in [1.82, 2.24) is 0 Å². The van der Waals surface area contributed by atoms with Gasteiger partial charge >= 0.3 is 12.1 Å². The molecule has 0 saturated heterocycles. The van der Waals surface area contributed by atoms with Crippen LogP contribution in [0.4, 0.5) is 13.2 Å². The molecule has 0 fully saturated rings. The topological polar surface area (TPSA) is 26.3 Å². The number of halogens is 3. The number of benzene rings is 2. The van der Waals surface area contributed by atoms with E-state index in [9.17, 15) is 18.0 Å². The normalized spacial score (nSPS) is 11.2. The van der Waals surface area contributed by atoms with Crippen molar-refractivity contribution in [3.05, 3.63) is 59.7 Å². The average molecular weight is 279 g/mol. The smallest absolute Gasteiger partial charge is 0.416 e. The van der Waals surface area contributed by atoms with Gasteiger partial charge in [-0.3, -0.25) is 0 Å². The zero-order valence-electron chi connectivity index (χ0n) is 10.5. The van der Waals surface area contributed by atoms with E-state index in [1.165, 1.54) is 31.4 Å². The highest BCUT2D eigenvalue weighted by molar-refractivity contribution is 5.90. The molecule has 2 aromatic carbocycles. The first-order valence-corrected chi connectivity index (χ1v) is 5.69. The van der Waals surface area contributed by atoms with Gasteiger partial charge in [-0.2, -0.15) is 13.2 Å².